The minimum absolute atomic E-state index is 0.0313. The molecule has 1 saturated heterocycles. The van der Waals surface area contributed by atoms with Crippen LogP contribution in [0.5, 0.6) is 5.75 Å². The molecule has 5 nitrogen and oxygen atoms in total. The van der Waals surface area contributed by atoms with E-state index in [2.05, 4.69) is 41.5 Å². The van der Waals surface area contributed by atoms with Crippen LogP contribution in [0.25, 0.3) is 0 Å². The fourth-order valence-electron chi connectivity index (χ4n) is 3.04. The van der Waals surface area contributed by atoms with Gasteiger partial charge in [0.15, 0.2) is 5.11 Å². The zero-order valence-corrected chi connectivity index (χ0v) is 16.9. The van der Waals surface area contributed by atoms with Crippen LogP contribution in [0.2, 0.25) is 0 Å². The number of carbonyl (C=O) groups is 1. The molecule has 0 aromatic heterocycles. The first-order valence-corrected chi connectivity index (χ1v) is 9.84. The quantitative estimate of drug-likeness (QED) is 0.716. The zero-order chi connectivity index (χ0) is 18.9. The second-order valence-corrected chi connectivity index (χ2v) is 7.64. The second kappa shape index (κ2) is 10.4. The van der Waals surface area contributed by atoms with Crippen LogP contribution in [0.3, 0.4) is 0 Å². The molecule has 0 radical (unpaired) electrons. The number of piperidine rings is 1. The number of likely N-dealkylation sites (tertiary alicyclic amines) is 1. The lowest BCUT2D eigenvalue weighted by molar-refractivity contribution is -0.126. The first kappa shape index (κ1) is 20.5. The first-order chi connectivity index (χ1) is 12.5. The average Bonchev–Trinajstić information content (AvgIpc) is 2.66. The summed E-state index contributed by atoms with van der Waals surface area (Å²) in [4.78, 5) is 14.4. The van der Waals surface area contributed by atoms with Crippen LogP contribution in [0.15, 0.2) is 24.3 Å². The predicted octanol–water partition coefficient (Wildman–Crippen LogP) is 2.60. The van der Waals surface area contributed by atoms with Crippen LogP contribution >= 0.6 is 12.2 Å². The van der Waals surface area contributed by atoms with Gasteiger partial charge in [-0.05, 0) is 55.1 Å². The summed E-state index contributed by atoms with van der Waals surface area (Å²) in [6, 6.07) is 8.08. The van der Waals surface area contributed by atoms with E-state index >= 15 is 0 Å². The molecule has 1 unspecified atom stereocenters. The fourth-order valence-corrected chi connectivity index (χ4v) is 3.31. The van der Waals surface area contributed by atoms with Crippen molar-refractivity contribution < 1.29 is 9.53 Å². The third kappa shape index (κ3) is 6.48. The largest absolute Gasteiger partial charge is 0.497 e. The molecule has 1 aliphatic heterocycles. The molecule has 1 aromatic rings. The first-order valence-electron chi connectivity index (χ1n) is 9.43. The molecule has 1 aromatic carbocycles. The lowest BCUT2D eigenvalue weighted by Gasteiger charge is -2.34. The van der Waals surface area contributed by atoms with Gasteiger partial charge < -0.3 is 20.3 Å². The molecule has 0 aliphatic carbocycles. The van der Waals surface area contributed by atoms with Gasteiger partial charge in [0.25, 0.3) is 0 Å². The van der Waals surface area contributed by atoms with E-state index in [-0.39, 0.29) is 11.8 Å². The molecule has 1 atom stereocenters. The Labute approximate surface area is 162 Å². The van der Waals surface area contributed by atoms with Gasteiger partial charge in [-0.25, -0.2) is 0 Å². The third-order valence-electron chi connectivity index (χ3n) is 4.61. The van der Waals surface area contributed by atoms with E-state index in [1.165, 1.54) is 5.56 Å². The molecule has 2 N–H and O–H groups in total. The number of nitrogens with zero attached hydrogens (tertiary/aromatic N) is 1. The van der Waals surface area contributed by atoms with Crippen LogP contribution in [0, 0.1) is 11.8 Å². The summed E-state index contributed by atoms with van der Waals surface area (Å²) in [5.74, 6) is 1.53. The van der Waals surface area contributed by atoms with Gasteiger partial charge >= 0.3 is 0 Å². The van der Waals surface area contributed by atoms with Gasteiger partial charge in [-0.1, -0.05) is 26.0 Å². The summed E-state index contributed by atoms with van der Waals surface area (Å²) in [6.45, 7) is 7.36. The van der Waals surface area contributed by atoms with Crippen molar-refractivity contribution in [2.75, 3.05) is 33.3 Å². The smallest absolute Gasteiger partial charge is 0.224 e. The predicted molar refractivity (Wildman–Crippen MR) is 109 cm³/mol. The van der Waals surface area contributed by atoms with Crippen LogP contribution in [-0.2, 0) is 11.2 Å². The summed E-state index contributed by atoms with van der Waals surface area (Å²) in [6.07, 6.45) is 2.84. The van der Waals surface area contributed by atoms with Gasteiger partial charge in [0.1, 0.15) is 5.75 Å². The van der Waals surface area contributed by atoms with E-state index in [4.69, 9.17) is 17.0 Å². The number of benzene rings is 1. The summed E-state index contributed by atoms with van der Waals surface area (Å²) in [5, 5.41) is 7.13. The van der Waals surface area contributed by atoms with Crippen molar-refractivity contribution in [2.45, 2.75) is 33.1 Å². The SMILES string of the molecule is COc1ccc(CCNC(=S)N2CCCC(C(=O)NCC(C)C)C2)cc1. The van der Waals surface area contributed by atoms with Crippen molar-refractivity contribution in [1.82, 2.24) is 15.5 Å². The summed E-state index contributed by atoms with van der Waals surface area (Å²) in [5.41, 5.74) is 1.24. The highest BCUT2D eigenvalue weighted by Gasteiger charge is 2.26. The van der Waals surface area contributed by atoms with Crippen molar-refractivity contribution in [1.29, 1.82) is 0 Å². The Balaban J connectivity index is 1.74. The molecular formula is C20H31N3O2S. The number of carbonyl (C=O) groups excluding carboxylic acids is 1. The maximum atomic E-state index is 12.3. The van der Waals surface area contributed by atoms with Crippen LogP contribution in [0.1, 0.15) is 32.3 Å². The number of thiocarbonyl (C=S) groups is 1. The molecule has 1 heterocycles. The Kier molecular flexibility index (Phi) is 8.16. The molecule has 1 fully saturated rings. The van der Waals surface area contributed by atoms with Crippen molar-refractivity contribution in [2.24, 2.45) is 11.8 Å². The molecule has 1 aliphatic rings. The van der Waals surface area contributed by atoms with E-state index in [0.717, 1.165) is 49.8 Å². The highest BCUT2D eigenvalue weighted by atomic mass is 32.1. The van der Waals surface area contributed by atoms with Gasteiger partial charge in [-0.3, -0.25) is 4.79 Å². The van der Waals surface area contributed by atoms with Crippen molar-refractivity contribution in [3.05, 3.63) is 29.8 Å². The van der Waals surface area contributed by atoms with E-state index < -0.39 is 0 Å². The number of amides is 1. The standard InChI is InChI=1S/C20H31N3O2S/c1-15(2)13-22-19(24)17-5-4-12-23(14-17)20(26)21-11-10-16-6-8-18(25-3)9-7-16/h6-9,15,17H,4-5,10-14H2,1-3H3,(H,21,26)(H,22,24). The summed E-state index contributed by atoms with van der Waals surface area (Å²) < 4.78 is 5.18. The van der Waals surface area contributed by atoms with E-state index in [9.17, 15) is 4.79 Å². The van der Waals surface area contributed by atoms with Crippen LogP contribution in [-0.4, -0.2) is 49.2 Å². The van der Waals surface area contributed by atoms with Crippen LogP contribution in [0.4, 0.5) is 0 Å². The molecule has 6 heteroatoms. The number of nitrogens with one attached hydrogen (secondary N) is 2. The van der Waals surface area contributed by atoms with Gasteiger partial charge in [0.2, 0.25) is 5.91 Å². The van der Waals surface area contributed by atoms with Crippen molar-refractivity contribution in [3.8, 4) is 5.75 Å². The van der Waals surface area contributed by atoms with Gasteiger partial charge in [-0.15, -0.1) is 0 Å². The normalized spacial score (nSPS) is 17.1. The lowest BCUT2D eigenvalue weighted by atomic mass is 9.97. The molecule has 0 spiro atoms. The van der Waals surface area contributed by atoms with Gasteiger partial charge in [0, 0.05) is 26.2 Å². The highest BCUT2D eigenvalue weighted by molar-refractivity contribution is 7.80. The average molecular weight is 378 g/mol. The lowest BCUT2D eigenvalue weighted by Crippen LogP contribution is -2.49. The Morgan fingerprint density at radius 2 is 2.04 bits per heavy atom. The summed E-state index contributed by atoms with van der Waals surface area (Å²) in [7, 11) is 1.67. The Hall–Kier alpha value is -1.82. The molecule has 26 heavy (non-hydrogen) atoms. The zero-order valence-electron chi connectivity index (χ0n) is 16.1. The molecule has 2 rings (SSSR count). The van der Waals surface area contributed by atoms with Crippen LogP contribution < -0.4 is 15.4 Å². The van der Waals surface area contributed by atoms with Crippen molar-refractivity contribution >= 4 is 23.2 Å². The maximum Gasteiger partial charge on any atom is 0.224 e. The van der Waals surface area contributed by atoms with Gasteiger partial charge in [-0.2, -0.15) is 0 Å². The Morgan fingerprint density at radius 1 is 1.31 bits per heavy atom. The second-order valence-electron chi connectivity index (χ2n) is 7.25. The molecular weight excluding hydrogens is 346 g/mol. The van der Waals surface area contributed by atoms with Crippen molar-refractivity contribution in [3.63, 3.8) is 0 Å². The minimum Gasteiger partial charge on any atom is -0.497 e. The highest BCUT2D eigenvalue weighted by Crippen LogP contribution is 2.17. The number of hydrogen-bond donors (Lipinski definition) is 2. The molecule has 1 amide bonds. The number of rotatable bonds is 7. The van der Waals surface area contributed by atoms with Gasteiger partial charge in [0.05, 0.1) is 13.0 Å². The molecule has 0 bridgehead atoms. The van der Waals surface area contributed by atoms with E-state index in [1.54, 1.807) is 7.11 Å². The van der Waals surface area contributed by atoms with E-state index in [1.807, 2.05) is 12.1 Å². The fraction of sp³-hybridized carbons (Fsp3) is 0.600. The minimum atomic E-state index is 0.0313. The Bertz CT molecular complexity index is 589. The maximum absolute atomic E-state index is 12.3. The number of ether oxygens (including phenoxy) is 1. The number of methoxy groups -OCH3 is 1. The van der Waals surface area contributed by atoms with E-state index in [0.29, 0.717) is 12.5 Å². The number of hydrogen-bond acceptors (Lipinski definition) is 3. The Morgan fingerprint density at radius 3 is 2.69 bits per heavy atom. The summed E-state index contributed by atoms with van der Waals surface area (Å²) >= 11 is 5.54. The third-order valence-corrected chi connectivity index (χ3v) is 5.02. The monoisotopic (exact) mass is 377 g/mol. The molecule has 144 valence electrons. The topological polar surface area (TPSA) is 53.6 Å². The molecule has 0 saturated carbocycles.